The third kappa shape index (κ3) is 2.50. The molecule has 2 aliphatic rings. The number of pyridine rings is 1. The largest absolute Gasteiger partial charge is 0.399 e. The number of carbonyl (C=O) groups excluding carboxylic acids is 1. The minimum Gasteiger partial charge on any atom is -0.399 e. The summed E-state index contributed by atoms with van der Waals surface area (Å²) in [4.78, 5) is 21.1. The fraction of sp³-hybridized carbons (Fsp3) is 0.600. The summed E-state index contributed by atoms with van der Waals surface area (Å²) in [5.41, 5.74) is 6.79. The lowest BCUT2D eigenvalue weighted by molar-refractivity contribution is 0.0313. The lowest BCUT2D eigenvalue weighted by Gasteiger charge is -2.45. The van der Waals surface area contributed by atoms with E-state index in [0.29, 0.717) is 23.3 Å². The Morgan fingerprint density at radius 3 is 3.05 bits per heavy atom. The Morgan fingerprint density at radius 2 is 2.25 bits per heavy atom. The van der Waals surface area contributed by atoms with Crippen LogP contribution in [-0.4, -0.2) is 53.4 Å². The number of hydrogen-bond donors (Lipinski definition) is 1. The molecule has 5 nitrogen and oxygen atoms in total. The molecule has 0 saturated carbocycles. The molecule has 5 heteroatoms. The van der Waals surface area contributed by atoms with Gasteiger partial charge in [-0.15, -0.1) is 0 Å². The van der Waals surface area contributed by atoms with Crippen LogP contribution >= 0.6 is 0 Å². The van der Waals surface area contributed by atoms with Crippen molar-refractivity contribution in [2.75, 3.05) is 32.4 Å². The number of likely N-dealkylation sites (tertiary alicyclic amines) is 2. The minimum atomic E-state index is 0.0176. The molecule has 20 heavy (non-hydrogen) atoms. The molecule has 2 N–H and O–H groups in total. The van der Waals surface area contributed by atoms with Crippen LogP contribution in [0.3, 0.4) is 0 Å². The maximum atomic E-state index is 12.5. The van der Waals surface area contributed by atoms with E-state index in [1.807, 2.05) is 4.90 Å². The highest BCUT2D eigenvalue weighted by atomic mass is 16.2. The van der Waals surface area contributed by atoms with Gasteiger partial charge in [0.1, 0.15) is 5.69 Å². The average molecular weight is 274 g/mol. The van der Waals surface area contributed by atoms with Gasteiger partial charge in [0.05, 0.1) is 0 Å². The van der Waals surface area contributed by atoms with E-state index in [2.05, 4.69) is 16.9 Å². The molecule has 1 amide bonds. The number of nitrogens with two attached hydrogens (primary N) is 1. The summed E-state index contributed by atoms with van der Waals surface area (Å²) in [7, 11) is 2.20. The van der Waals surface area contributed by atoms with Gasteiger partial charge in [-0.1, -0.05) is 0 Å². The first-order valence-electron chi connectivity index (χ1n) is 7.36. The van der Waals surface area contributed by atoms with Crippen molar-refractivity contribution in [2.45, 2.75) is 25.3 Å². The van der Waals surface area contributed by atoms with Gasteiger partial charge in [-0.05, 0) is 50.9 Å². The zero-order chi connectivity index (χ0) is 14.1. The molecule has 2 aliphatic heterocycles. The molecule has 0 aliphatic carbocycles. The van der Waals surface area contributed by atoms with Gasteiger partial charge in [0.2, 0.25) is 0 Å². The van der Waals surface area contributed by atoms with E-state index in [4.69, 9.17) is 5.73 Å². The van der Waals surface area contributed by atoms with Crippen LogP contribution in [0.4, 0.5) is 5.69 Å². The molecule has 2 atom stereocenters. The highest BCUT2D eigenvalue weighted by molar-refractivity contribution is 5.93. The molecular weight excluding hydrogens is 252 g/mol. The van der Waals surface area contributed by atoms with Gasteiger partial charge >= 0.3 is 0 Å². The molecule has 2 fully saturated rings. The number of nitrogen functional groups attached to an aromatic ring is 1. The topological polar surface area (TPSA) is 62.5 Å². The van der Waals surface area contributed by atoms with E-state index < -0.39 is 0 Å². The zero-order valence-corrected chi connectivity index (χ0v) is 12.0. The molecule has 0 spiro atoms. The number of carbonyl (C=O) groups is 1. The number of amides is 1. The van der Waals surface area contributed by atoms with Gasteiger partial charge in [0, 0.05) is 31.0 Å². The molecule has 1 aromatic rings. The predicted octanol–water partition coefficient (Wildman–Crippen LogP) is 1.22. The van der Waals surface area contributed by atoms with E-state index in [9.17, 15) is 4.79 Å². The summed E-state index contributed by atoms with van der Waals surface area (Å²) in [5, 5.41) is 0. The van der Waals surface area contributed by atoms with Gasteiger partial charge in [-0.3, -0.25) is 9.78 Å². The average Bonchev–Trinajstić information content (AvgIpc) is 2.46. The molecular formula is C15H22N4O. The number of aromatic nitrogens is 1. The minimum absolute atomic E-state index is 0.0176. The van der Waals surface area contributed by atoms with Gasteiger partial charge < -0.3 is 15.5 Å². The molecule has 0 radical (unpaired) electrons. The molecule has 0 bridgehead atoms. The van der Waals surface area contributed by atoms with Gasteiger partial charge in [0.25, 0.3) is 5.91 Å². The zero-order valence-electron chi connectivity index (χ0n) is 12.0. The highest BCUT2D eigenvalue weighted by Gasteiger charge is 2.36. The van der Waals surface area contributed by atoms with Crippen molar-refractivity contribution in [3.8, 4) is 0 Å². The Kier molecular flexibility index (Phi) is 3.61. The Bertz CT molecular complexity index is 504. The number of fused-ring (bicyclic) bond motifs is 1. The number of piperidine rings is 2. The van der Waals surface area contributed by atoms with Crippen molar-refractivity contribution in [3.05, 3.63) is 24.0 Å². The second kappa shape index (κ2) is 5.40. The van der Waals surface area contributed by atoms with Crippen LogP contribution in [0.2, 0.25) is 0 Å². The van der Waals surface area contributed by atoms with E-state index in [-0.39, 0.29) is 5.91 Å². The molecule has 2 unspecified atom stereocenters. The standard InChI is InChI=1S/C15H22N4O/c1-18-7-2-3-11-10-19(8-5-14(11)18)15(20)13-9-12(16)4-6-17-13/h4,6,9,11,14H,2-3,5,7-8,10H2,1H3,(H2,16,17). The van der Waals surface area contributed by atoms with Gasteiger partial charge in [-0.2, -0.15) is 0 Å². The quantitative estimate of drug-likeness (QED) is 0.836. The normalized spacial score (nSPS) is 27.1. The van der Waals surface area contributed by atoms with Crippen LogP contribution in [0, 0.1) is 5.92 Å². The summed E-state index contributed by atoms with van der Waals surface area (Å²) in [6.07, 6.45) is 5.12. The summed E-state index contributed by atoms with van der Waals surface area (Å²) in [5.74, 6) is 0.622. The van der Waals surface area contributed by atoms with Crippen LogP contribution < -0.4 is 5.73 Å². The summed E-state index contributed by atoms with van der Waals surface area (Å²) < 4.78 is 0. The molecule has 3 rings (SSSR count). The lowest BCUT2D eigenvalue weighted by Crippen LogP contribution is -2.54. The van der Waals surface area contributed by atoms with Crippen LogP contribution in [0.1, 0.15) is 29.8 Å². The fourth-order valence-electron chi connectivity index (χ4n) is 3.56. The first-order valence-corrected chi connectivity index (χ1v) is 7.36. The second-order valence-corrected chi connectivity index (χ2v) is 5.96. The van der Waals surface area contributed by atoms with E-state index >= 15 is 0 Å². The highest BCUT2D eigenvalue weighted by Crippen LogP contribution is 2.30. The van der Waals surface area contributed by atoms with Crippen LogP contribution in [0.15, 0.2) is 18.3 Å². The van der Waals surface area contributed by atoms with Crippen molar-refractivity contribution in [2.24, 2.45) is 5.92 Å². The summed E-state index contributed by atoms with van der Waals surface area (Å²) >= 11 is 0. The van der Waals surface area contributed by atoms with E-state index in [1.54, 1.807) is 18.3 Å². The maximum absolute atomic E-state index is 12.5. The fourth-order valence-corrected chi connectivity index (χ4v) is 3.56. The Labute approximate surface area is 119 Å². The van der Waals surface area contributed by atoms with Crippen molar-refractivity contribution in [1.29, 1.82) is 0 Å². The number of hydrogen-bond acceptors (Lipinski definition) is 4. The van der Waals surface area contributed by atoms with E-state index in [1.165, 1.54) is 19.4 Å². The SMILES string of the molecule is CN1CCCC2CN(C(=O)c3cc(N)ccn3)CCC21. The monoisotopic (exact) mass is 274 g/mol. The third-order valence-electron chi connectivity index (χ3n) is 4.64. The molecule has 108 valence electrons. The smallest absolute Gasteiger partial charge is 0.272 e. The second-order valence-electron chi connectivity index (χ2n) is 5.96. The lowest BCUT2D eigenvalue weighted by atomic mass is 9.84. The summed E-state index contributed by atoms with van der Waals surface area (Å²) in [6, 6.07) is 4.02. The Balaban J connectivity index is 1.71. The Morgan fingerprint density at radius 1 is 1.40 bits per heavy atom. The molecule has 0 aromatic carbocycles. The van der Waals surface area contributed by atoms with E-state index in [0.717, 1.165) is 19.5 Å². The van der Waals surface area contributed by atoms with Crippen LogP contribution in [-0.2, 0) is 0 Å². The maximum Gasteiger partial charge on any atom is 0.272 e. The van der Waals surface area contributed by atoms with Gasteiger partial charge in [0.15, 0.2) is 0 Å². The predicted molar refractivity (Wildman–Crippen MR) is 78.3 cm³/mol. The summed E-state index contributed by atoms with van der Waals surface area (Å²) in [6.45, 7) is 2.86. The number of anilines is 1. The van der Waals surface area contributed by atoms with Crippen molar-refractivity contribution in [3.63, 3.8) is 0 Å². The van der Waals surface area contributed by atoms with Crippen LogP contribution in [0.5, 0.6) is 0 Å². The van der Waals surface area contributed by atoms with Gasteiger partial charge in [-0.25, -0.2) is 0 Å². The third-order valence-corrected chi connectivity index (χ3v) is 4.64. The number of nitrogens with zero attached hydrogens (tertiary/aromatic N) is 3. The van der Waals surface area contributed by atoms with Crippen LogP contribution in [0.25, 0.3) is 0 Å². The Hall–Kier alpha value is -1.62. The molecule has 1 aromatic heterocycles. The number of rotatable bonds is 1. The van der Waals surface area contributed by atoms with Crippen molar-refractivity contribution >= 4 is 11.6 Å². The molecule has 3 heterocycles. The van der Waals surface area contributed by atoms with Crippen molar-refractivity contribution in [1.82, 2.24) is 14.8 Å². The molecule has 2 saturated heterocycles. The van der Waals surface area contributed by atoms with Crippen molar-refractivity contribution < 1.29 is 4.79 Å². The first kappa shape index (κ1) is 13.4. The first-order chi connectivity index (χ1) is 9.65.